The molecule has 4 nitrogen and oxygen atoms in total. The zero-order chi connectivity index (χ0) is 13.2. The van der Waals surface area contributed by atoms with Crippen molar-refractivity contribution in [3.8, 4) is 0 Å². The number of hydrogen-bond acceptors (Lipinski definition) is 4. The number of aliphatic hydroxyl groups excluding tert-OH is 1. The molecule has 2 fully saturated rings. The largest absolute Gasteiger partial charge is 0.391 e. The van der Waals surface area contributed by atoms with Crippen LogP contribution in [0.25, 0.3) is 0 Å². The first-order valence-electron chi connectivity index (χ1n) is 7.12. The molecular formula is C13H25NO3S. The van der Waals surface area contributed by atoms with Crippen LogP contribution >= 0.6 is 0 Å². The monoisotopic (exact) mass is 275 g/mol. The number of rotatable bonds is 3. The normalized spacial score (nSPS) is 29.9. The second kappa shape index (κ2) is 5.88. The minimum absolute atomic E-state index is 0.0867. The van der Waals surface area contributed by atoms with Crippen LogP contribution in [0.5, 0.6) is 0 Å². The first-order valence-corrected chi connectivity index (χ1v) is 8.94. The Bertz CT molecular complexity index is 348. The third kappa shape index (κ3) is 3.45. The fourth-order valence-corrected chi connectivity index (χ4v) is 4.45. The van der Waals surface area contributed by atoms with Crippen LogP contribution in [0.4, 0.5) is 0 Å². The highest BCUT2D eigenvalue weighted by Gasteiger charge is 2.32. The topological polar surface area (TPSA) is 57.6 Å². The average molecular weight is 275 g/mol. The molecule has 0 bridgehead atoms. The summed E-state index contributed by atoms with van der Waals surface area (Å²) >= 11 is 0. The van der Waals surface area contributed by atoms with E-state index in [1.807, 2.05) is 6.92 Å². The predicted octanol–water partition coefficient (Wildman–Crippen LogP) is 1.05. The molecule has 1 aliphatic heterocycles. The summed E-state index contributed by atoms with van der Waals surface area (Å²) in [5, 5.41) is 10.4. The van der Waals surface area contributed by atoms with Crippen molar-refractivity contribution in [1.29, 1.82) is 0 Å². The molecule has 5 heteroatoms. The van der Waals surface area contributed by atoms with E-state index in [4.69, 9.17) is 0 Å². The number of nitrogens with zero attached hydrogens (tertiary/aromatic N) is 1. The van der Waals surface area contributed by atoms with Gasteiger partial charge < -0.3 is 5.11 Å². The third-order valence-electron chi connectivity index (χ3n) is 4.58. The second-order valence-corrected chi connectivity index (χ2v) is 8.12. The maximum Gasteiger partial charge on any atom is 0.152 e. The fraction of sp³-hybridized carbons (Fsp3) is 1.00. The zero-order valence-electron chi connectivity index (χ0n) is 11.2. The van der Waals surface area contributed by atoms with Gasteiger partial charge in [0, 0.05) is 19.1 Å². The third-order valence-corrected chi connectivity index (χ3v) is 6.19. The average Bonchev–Trinajstić information content (AvgIpc) is 2.38. The van der Waals surface area contributed by atoms with Crippen molar-refractivity contribution in [3.63, 3.8) is 0 Å². The van der Waals surface area contributed by atoms with Crippen LogP contribution in [0.15, 0.2) is 0 Å². The van der Waals surface area contributed by atoms with Gasteiger partial charge in [-0.2, -0.15) is 0 Å². The maximum absolute atomic E-state index is 11.4. The van der Waals surface area contributed by atoms with Crippen LogP contribution in [-0.4, -0.2) is 55.2 Å². The highest BCUT2D eigenvalue weighted by molar-refractivity contribution is 7.91. The van der Waals surface area contributed by atoms with Crippen molar-refractivity contribution in [2.45, 2.75) is 51.2 Å². The first-order chi connectivity index (χ1) is 8.49. The summed E-state index contributed by atoms with van der Waals surface area (Å²) in [6.45, 7) is 3.19. The molecule has 0 spiro atoms. The van der Waals surface area contributed by atoms with E-state index < -0.39 is 9.84 Å². The molecule has 2 rings (SSSR count). The molecular weight excluding hydrogens is 250 g/mol. The molecule has 0 radical (unpaired) electrons. The number of sulfone groups is 1. The van der Waals surface area contributed by atoms with Crippen LogP contribution in [0.2, 0.25) is 0 Å². The van der Waals surface area contributed by atoms with Crippen molar-refractivity contribution in [1.82, 2.24) is 4.90 Å². The molecule has 0 aromatic carbocycles. The molecule has 2 aliphatic rings. The van der Waals surface area contributed by atoms with E-state index in [-0.39, 0.29) is 23.7 Å². The van der Waals surface area contributed by atoms with Crippen LogP contribution < -0.4 is 0 Å². The number of hydrogen-bond donors (Lipinski definition) is 1. The fourth-order valence-electron chi connectivity index (χ4n) is 3.22. The van der Waals surface area contributed by atoms with Gasteiger partial charge in [-0.3, -0.25) is 4.90 Å². The van der Waals surface area contributed by atoms with Crippen molar-refractivity contribution in [2.24, 2.45) is 5.92 Å². The van der Waals surface area contributed by atoms with Crippen LogP contribution in [0, 0.1) is 5.92 Å². The Hall–Kier alpha value is -0.130. The lowest BCUT2D eigenvalue weighted by Crippen LogP contribution is -2.51. The Morgan fingerprint density at radius 3 is 2.22 bits per heavy atom. The smallest absolute Gasteiger partial charge is 0.152 e. The summed E-state index contributed by atoms with van der Waals surface area (Å²) in [6, 6.07) is 0.0867. The molecule has 106 valence electrons. The highest BCUT2D eigenvalue weighted by atomic mass is 32.2. The van der Waals surface area contributed by atoms with Gasteiger partial charge in [-0.15, -0.1) is 0 Å². The molecule has 1 saturated carbocycles. The summed E-state index contributed by atoms with van der Waals surface area (Å²) in [5.41, 5.74) is 0. The number of aliphatic hydroxyl groups is 1. The van der Waals surface area contributed by atoms with E-state index in [9.17, 15) is 13.5 Å². The lowest BCUT2D eigenvalue weighted by Gasteiger charge is -2.38. The van der Waals surface area contributed by atoms with Crippen molar-refractivity contribution < 1.29 is 13.5 Å². The van der Waals surface area contributed by atoms with Crippen LogP contribution in [-0.2, 0) is 9.84 Å². The summed E-state index contributed by atoms with van der Waals surface area (Å²) in [4.78, 5) is 2.14. The molecule has 1 aliphatic carbocycles. The standard InChI is InChI=1S/C13H25NO3S/c1-11(13(15)12-5-3-2-4-6-12)14-7-9-18(16,17)10-8-14/h11-13,15H,2-10H2,1H3. The molecule has 1 saturated heterocycles. The van der Waals surface area contributed by atoms with Gasteiger partial charge in [0.15, 0.2) is 9.84 Å². The van der Waals surface area contributed by atoms with Crippen LogP contribution in [0.1, 0.15) is 39.0 Å². The molecule has 0 aromatic heterocycles. The van der Waals surface area contributed by atoms with Crippen LogP contribution in [0.3, 0.4) is 0 Å². The SMILES string of the molecule is CC(C(O)C1CCCCC1)N1CCS(=O)(=O)CC1. The van der Waals surface area contributed by atoms with E-state index in [2.05, 4.69) is 4.90 Å². The Morgan fingerprint density at radius 2 is 1.67 bits per heavy atom. The minimum atomic E-state index is -2.82. The van der Waals surface area contributed by atoms with Gasteiger partial charge in [0.25, 0.3) is 0 Å². The van der Waals surface area contributed by atoms with Gasteiger partial charge in [0.05, 0.1) is 17.6 Å². The van der Waals surface area contributed by atoms with Crippen molar-refractivity contribution >= 4 is 9.84 Å². The van der Waals surface area contributed by atoms with Crippen molar-refractivity contribution in [3.05, 3.63) is 0 Å². The minimum Gasteiger partial charge on any atom is -0.391 e. The van der Waals surface area contributed by atoms with E-state index in [1.54, 1.807) is 0 Å². The van der Waals surface area contributed by atoms with E-state index in [0.29, 0.717) is 19.0 Å². The van der Waals surface area contributed by atoms with Gasteiger partial charge in [0.1, 0.15) is 0 Å². The molecule has 0 aromatic rings. The first kappa shape index (κ1) is 14.3. The molecule has 2 atom stereocenters. The van der Waals surface area contributed by atoms with Gasteiger partial charge >= 0.3 is 0 Å². The predicted molar refractivity (Wildman–Crippen MR) is 72.3 cm³/mol. The molecule has 1 heterocycles. The Labute approximate surface area is 110 Å². The zero-order valence-corrected chi connectivity index (χ0v) is 12.0. The van der Waals surface area contributed by atoms with E-state index >= 15 is 0 Å². The molecule has 0 amide bonds. The lowest BCUT2D eigenvalue weighted by molar-refractivity contribution is 0.00850. The highest BCUT2D eigenvalue weighted by Crippen LogP contribution is 2.29. The Balaban J connectivity index is 1.88. The van der Waals surface area contributed by atoms with Gasteiger partial charge in [0.2, 0.25) is 0 Å². The Morgan fingerprint density at radius 1 is 1.11 bits per heavy atom. The van der Waals surface area contributed by atoms with Gasteiger partial charge in [-0.1, -0.05) is 19.3 Å². The lowest BCUT2D eigenvalue weighted by atomic mass is 9.82. The summed E-state index contributed by atoms with van der Waals surface area (Å²) in [7, 11) is -2.82. The molecule has 18 heavy (non-hydrogen) atoms. The molecule has 2 unspecified atom stereocenters. The summed E-state index contributed by atoms with van der Waals surface area (Å²) in [5.74, 6) is 0.899. The van der Waals surface area contributed by atoms with E-state index in [0.717, 1.165) is 12.8 Å². The summed E-state index contributed by atoms with van der Waals surface area (Å²) < 4.78 is 22.8. The second-order valence-electron chi connectivity index (χ2n) is 5.82. The summed E-state index contributed by atoms with van der Waals surface area (Å²) in [6.07, 6.45) is 5.69. The quantitative estimate of drug-likeness (QED) is 0.836. The van der Waals surface area contributed by atoms with Gasteiger partial charge in [-0.25, -0.2) is 8.42 Å². The van der Waals surface area contributed by atoms with Gasteiger partial charge in [-0.05, 0) is 25.7 Å². The van der Waals surface area contributed by atoms with E-state index in [1.165, 1.54) is 19.3 Å². The molecule has 1 N–H and O–H groups in total. The maximum atomic E-state index is 11.4. The van der Waals surface area contributed by atoms with Crippen molar-refractivity contribution in [2.75, 3.05) is 24.6 Å². The Kier molecular flexibility index (Phi) is 4.67.